The summed E-state index contributed by atoms with van der Waals surface area (Å²) in [5.74, 6) is 0. The van der Waals surface area contributed by atoms with Crippen molar-refractivity contribution < 1.29 is 0 Å². The predicted molar refractivity (Wildman–Crippen MR) is 54.8 cm³/mol. The van der Waals surface area contributed by atoms with Crippen LogP contribution < -0.4 is 0 Å². The van der Waals surface area contributed by atoms with Crippen molar-refractivity contribution in [3.8, 4) is 6.07 Å². The summed E-state index contributed by atoms with van der Waals surface area (Å²) in [6, 6.07) is 2.13. The van der Waals surface area contributed by atoms with Gasteiger partial charge in [0.05, 0.1) is 11.6 Å². The Morgan fingerprint density at radius 1 is 1.33 bits per heavy atom. The first-order valence-electron chi connectivity index (χ1n) is 4.46. The van der Waals surface area contributed by atoms with Gasteiger partial charge in [-0.05, 0) is 26.3 Å². The molecule has 1 nitrogen and oxygen atoms in total. The van der Waals surface area contributed by atoms with Crippen LogP contribution in [0.1, 0.15) is 41.0 Å². The second kappa shape index (κ2) is 9.97. The summed E-state index contributed by atoms with van der Waals surface area (Å²) in [6.45, 7) is 9.94. The van der Waals surface area contributed by atoms with Crippen LogP contribution in [-0.4, -0.2) is 0 Å². The molecule has 0 aromatic carbocycles. The smallest absolute Gasteiger partial charge is 0.0990 e. The molecule has 68 valence electrons. The molecule has 0 amide bonds. The van der Waals surface area contributed by atoms with Crippen LogP contribution in [0.25, 0.3) is 0 Å². The molecule has 0 aromatic rings. The van der Waals surface area contributed by atoms with Crippen molar-refractivity contribution >= 4 is 0 Å². The molecule has 0 saturated carbocycles. The lowest BCUT2D eigenvalue weighted by Gasteiger charge is -1.89. The molecule has 0 saturated heterocycles. The fourth-order valence-electron chi connectivity index (χ4n) is 0.551. The summed E-state index contributed by atoms with van der Waals surface area (Å²) in [4.78, 5) is 0. The number of nitriles is 1. The van der Waals surface area contributed by atoms with Crippen LogP contribution in [0.3, 0.4) is 0 Å². The molecule has 0 aliphatic heterocycles. The Labute approximate surface area is 76.4 Å². The first-order chi connectivity index (χ1) is 5.72. The maximum Gasteiger partial charge on any atom is 0.0990 e. The van der Waals surface area contributed by atoms with E-state index in [-0.39, 0.29) is 0 Å². The zero-order valence-corrected chi connectivity index (χ0v) is 8.81. The largest absolute Gasteiger partial charge is 0.192 e. The van der Waals surface area contributed by atoms with Crippen molar-refractivity contribution in [3.05, 3.63) is 23.3 Å². The lowest BCUT2D eigenvalue weighted by Crippen LogP contribution is -1.75. The van der Waals surface area contributed by atoms with E-state index >= 15 is 0 Å². The quantitative estimate of drug-likeness (QED) is 0.450. The summed E-state index contributed by atoms with van der Waals surface area (Å²) in [6.07, 6.45) is 4.85. The Balaban J connectivity index is 0. The van der Waals surface area contributed by atoms with Crippen LogP contribution in [0.4, 0.5) is 0 Å². The van der Waals surface area contributed by atoms with Crippen molar-refractivity contribution in [1.82, 2.24) is 0 Å². The highest BCUT2D eigenvalue weighted by atomic mass is 14.2. The molecule has 12 heavy (non-hydrogen) atoms. The predicted octanol–water partition coefficient (Wildman–Crippen LogP) is 3.84. The van der Waals surface area contributed by atoms with Crippen LogP contribution >= 0.6 is 0 Å². The lowest BCUT2D eigenvalue weighted by atomic mass is 10.1. The van der Waals surface area contributed by atoms with Crippen molar-refractivity contribution in [2.45, 2.75) is 41.0 Å². The molecular weight excluding hydrogens is 146 g/mol. The summed E-state index contributed by atoms with van der Waals surface area (Å²) < 4.78 is 0. The summed E-state index contributed by atoms with van der Waals surface area (Å²) in [5, 5.41) is 8.56. The van der Waals surface area contributed by atoms with Gasteiger partial charge in [-0.25, -0.2) is 0 Å². The molecule has 0 atom stereocenters. The summed E-state index contributed by atoms with van der Waals surface area (Å²) in [5.41, 5.74) is 1.86. The average Bonchev–Trinajstić information content (AvgIpc) is 2.09. The van der Waals surface area contributed by atoms with Crippen molar-refractivity contribution in [3.63, 3.8) is 0 Å². The topological polar surface area (TPSA) is 23.8 Å². The van der Waals surface area contributed by atoms with Gasteiger partial charge in [-0.15, -0.1) is 0 Å². The fourth-order valence-corrected chi connectivity index (χ4v) is 0.551. The summed E-state index contributed by atoms with van der Waals surface area (Å²) >= 11 is 0. The maximum absolute atomic E-state index is 8.56. The number of allylic oxidation sites excluding steroid dienone is 4. The molecule has 0 fully saturated rings. The maximum atomic E-state index is 8.56. The highest BCUT2D eigenvalue weighted by Gasteiger charge is 1.88. The summed E-state index contributed by atoms with van der Waals surface area (Å²) in [7, 11) is 0. The van der Waals surface area contributed by atoms with Crippen molar-refractivity contribution in [1.29, 1.82) is 5.26 Å². The van der Waals surface area contributed by atoms with E-state index in [1.165, 1.54) is 0 Å². The van der Waals surface area contributed by atoms with Crippen LogP contribution in [0, 0.1) is 11.3 Å². The molecule has 0 aliphatic carbocycles. The average molecular weight is 165 g/mol. The third-order valence-corrected chi connectivity index (χ3v) is 1.18. The Morgan fingerprint density at radius 2 is 1.83 bits per heavy atom. The second-order valence-corrected chi connectivity index (χ2v) is 2.34. The van der Waals surface area contributed by atoms with Crippen molar-refractivity contribution in [2.24, 2.45) is 0 Å². The number of nitrogens with zero attached hydrogens (tertiary/aromatic N) is 1. The van der Waals surface area contributed by atoms with Gasteiger partial charge in [0.25, 0.3) is 0 Å². The molecule has 0 N–H and O–H groups in total. The van der Waals surface area contributed by atoms with Crippen LogP contribution in [0.2, 0.25) is 0 Å². The molecule has 0 heterocycles. The van der Waals surface area contributed by atoms with E-state index in [2.05, 4.69) is 13.0 Å². The van der Waals surface area contributed by atoms with Gasteiger partial charge in [0.15, 0.2) is 0 Å². The monoisotopic (exact) mass is 165 g/mol. The Morgan fingerprint density at radius 3 is 2.08 bits per heavy atom. The Hall–Kier alpha value is -1.03. The first-order valence-corrected chi connectivity index (χ1v) is 4.46. The SMILES string of the molecule is CC.CC/C=C\C(C#N)=C(C)C. The van der Waals surface area contributed by atoms with Gasteiger partial charge in [-0.3, -0.25) is 0 Å². The zero-order chi connectivity index (χ0) is 9.98. The first kappa shape index (κ1) is 13.6. The normalized spacial score (nSPS) is 8.33. The van der Waals surface area contributed by atoms with Gasteiger partial charge < -0.3 is 0 Å². The fraction of sp³-hybridized carbons (Fsp3) is 0.545. The third-order valence-electron chi connectivity index (χ3n) is 1.18. The minimum Gasteiger partial charge on any atom is -0.192 e. The standard InChI is InChI=1S/C9H13N.C2H6/c1-4-5-6-9(7-10)8(2)3;1-2/h5-6H,4H2,1-3H3;1-2H3/b6-5-;. The van der Waals surface area contributed by atoms with E-state index in [9.17, 15) is 0 Å². The van der Waals surface area contributed by atoms with Gasteiger partial charge in [0.2, 0.25) is 0 Å². The zero-order valence-electron chi connectivity index (χ0n) is 8.81. The van der Waals surface area contributed by atoms with E-state index in [0.29, 0.717) is 0 Å². The van der Waals surface area contributed by atoms with Gasteiger partial charge in [0, 0.05) is 0 Å². The molecule has 1 heteroatoms. The van der Waals surface area contributed by atoms with Crippen LogP contribution in [0.5, 0.6) is 0 Å². The molecule has 0 rings (SSSR count). The van der Waals surface area contributed by atoms with E-state index in [4.69, 9.17) is 5.26 Å². The molecule has 0 bridgehead atoms. The molecule has 0 aromatic heterocycles. The lowest BCUT2D eigenvalue weighted by molar-refractivity contribution is 1.21. The molecule has 0 aliphatic rings. The van der Waals surface area contributed by atoms with E-state index < -0.39 is 0 Å². The highest BCUT2D eigenvalue weighted by Crippen LogP contribution is 2.03. The van der Waals surface area contributed by atoms with Crippen molar-refractivity contribution in [2.75, 3.05) is 0 Å². The van der Waals surface area contributed by atoms with E-state index in [1.54, 1.807) is 0 Å². The number of hydrogen-bond acceptors (Lipinski definition) is 1. The van der Waals surface area contributed by atoms with Crippen LogP contribution in [-0.2, 0) is 0 Å². The highest BCUT2D eigenvalue weighted by molar-refractivity contribution is 5.36. The van der Waals surface area contributed by atoms with Gasteiger partial charge >= 0.3 is 0 Å². The van der Waals surface area contributed by atoms with Gasteiger partial charge in [-0.2, -0.15) is 5.26 Å². The second-order valence-electron chi connectivity index (χ2n) is 2.34. The molecule has 0 unspecified atom stereocenters. The molecule has 0 radical (unpaired) electrons. The number of rotatable bonds is 2. The minimum atomic E-state index is 0.779. The van der Waals surface area contributed by atoms with E-state index in [1.807, 2.05) is 39.8 Å². The third kappa shape index (κ3) is 7.08. The number of hydrogen-bond donors (Lipinski definition) is 0. The van der Waals surface area contributed by atoms with Gasteiger partial charge in [-0.1, -0.05) is 32.4 Å². The molecular formula is C11H19N. The molecule has 0 spiro atoms. The van der Waals surface area contributed by atoms with E-state index in [0.717, 1.165) is 17.6 Å². The Kier molecular flexibility index (Phi) is 11.3. The minimum absolute atomic E-state index is 0.779. The Bertz CT molecular complexity index is 188. The van der Waals surface area contributed by atoms with Gasteiger partial charge in [0.1, 0.15) is 0 Å². The van der Waals surface area contributed by atoms with Crippen LogP contribution in [0.15, 0.2) is 23.3 Å².